The number of fused-ring (bicyclic) bond motifs is 3. The van der Waals surface area contributed by atoms with Crippen LogP contribution in [0, 0.1) is 0 Å². The molecule has 3 nitrogen and oxygen atoms in total. The van der Waals surface area contributed by atoms with Crippen LogP contribution in [-0.2, 0) is 15.9 Å². The van der Waals surface area contributed by atoms with Crippen LogP contribution in [0.3, 0.4) is 0 Å². The second-order valence-corrected chi connectivity index (χ2v) is 4.99. The molecule has 3 heteroatoms. The molecule has 1 aliphatic carbocycles. The third-order valence-corrected chi connectivity index (χ3v) is 3.79. The van der Waals surface area contributed by atoms with Crippen LogP contribution < -0.4 is 5.32 Å². The lowest BCUT2D eigenvalue weighted by Gasteiger charge is -2.15. The number of anilines is 1. The summed E-state index contributed by atoms with van der Waals surface area (Å²) >= 11 is 0. The van der Waals surface area contributed by atoms with Crippen LogP contribution in [0.15, 0.2) is 42.5 Å². The molecule has 0 amide bonds. The summed E-state index contributed by atoms with van der Waals surface area (Å²) in [5.41, 5.74) is 6.60. The Bertz CT molecular complexity index is 606. The molecule has 0 aliphatic heterocycles. The van der Waals surface area contributed by atoms with Gasteiger partial charge in [-0.1, -0.05) is 30.3 Å². The van der Waals surface area contributed by atoms with E-state index in [2.05, 4.69) is 47.8 Å². The van der Waals surface area contributed by atoms with Crippen molar-refractivity contribution in [2.45, 2.75) is 12.7 Å². The first-order valence-electron chi connectivity index (χ1n) is 6.82. The molecule has 0 unspecified atom stereocenters. The Morgan fingerprint density at radius 2 is 1.75 bits per heavy atom. The topological polar surface area (TPSA) is 30.5 Å². The number of hydrogen-bond donors (Lipinski definition) is 1. The van der Waals surface area contributed by atoms with E-state index < -0.39 is 0 Å². The van der Waals surface area contributed by atoms with Gasteiger partial charge < -0.3 is 14.8 Å². The first-order chi connectivity index (χ1) is 9.81. The molecule has 0 saturated carbocycles. The molecule has 0 bridgehead atoms. The van der Waals surface area contributed by atoms with Crippen LogP contribution in [-0.4, -0.2) is 27.1 Å². The van der Waals surface area contributed by atoms with E-state index in [9.17, 15) is 0 Å². The normalized spacial score (nSPS) is 12.3. The standard InChI is InChI=1S/C17H19NO2/c1-19-17(20-2)11-18-14-7-8-16-13(10-14)9-12-5-3-4-6-15(12)16/h3-8,10,17-18H,9,11H2,1-2H3. The molecule has 20 heavy (non-hydrogen) atoms. The minimum atomic E-state index is -0.222. The first kappa shape index (κ1) is 13.2. The molecule has 0 radical (unpaired) electrons. The minimum absolute atomic E-state index is 0.222. The predicted octanol–water partition coefficient (Wildman–Crippen LogP) is 3.29. The van der Waals surface area contributed by atoms with Crippen molar-refractivity contribution in [1.82, 2.24) is 0 Å². The number of nitrogens with one attached hydrogen (secondary N) is 1. The van der Waals surface area contributed by atoms with E-state index in [1.165, 1.54) is 22.3 Å². The van der Waals surface area contributed by atoms with Gasteiger partial charge in [0.05, 0.1) is 6.54 Å². The van der Waals surface area contributed by atoms with Gasteiger partial charge in [-0.25, -0.2) is 0 Å². The fraction of sp³-hybridized carbons (Fsp3) is 0.294. The maximum absolute atomic E-state index is 5.18. The molecular weight excluding hydrogens is 250 g/mol. The van der Waals surface area contributed by atoms with Crippen LogP contribution in [0.1, 0.15) is 11.1 Å². The molecule has 3 rings (SSSR count). The molecule has 0 aromatic heterocycles. The Kier molecular flexibility index (Phi) is 3.72. The third kappa shape index (κ3) is 2.42. The van der Waals surface area contributed by atoms with Gasteiger partial charge in [0.2, 0.25) is 0 Å². The Balaban J connectivity index is 1.77. The molecule has 2 aromatic carbocycles. The fourth-order valence-corrected chi connectivity index (χ4v) is 2.72. The van der Waals surface area contributed by atoms with E-state index in [0.29, 0.717) is 6.54 Å². The van der Waals surface area contributed by atoms with Crippen molar-refractivity contribution in [3.63, 3.8) is 0 Å². The minimum Gasteiger partial charge on any atom is -0.380 e. The van der Waals surface area contributed by atoms with Crippen molar-refractivity contribution in [2.75, 3.05) is 26.1 Å². The van der Waals surface area contributed by atoms with Crippen molar-refractivity contribution < 1.29 is 9.47 Å². The largest absolute Gasteiger partial charge is 0.380 e. The summed E-state index contributed by atoms with van der Waals surface area (Å²) in [6, 6.07) is 15.1. The summed E-state index contributed by atoms with van der Waals surface area (Å²) in [4.78, 5) is 0. The molecule has 0 spiro atoms. The Morgan fingerprint density at radius 3 is 2.55 bits per heavy atom. The van der Waals surface area contributed by atoms with Gasteiger partial charge in [0, 0.05) is 19.9 Å². The van der Waals surface area contributed by atoms with E-state index >= 15 is 0 Å². The van der Waals surface area contributed by atoms with Crippen molar-refractivity contribution in [2.24, 2.45) is 0 Å². The van der Waals surface area contributed by atoms with Gasteiger partial charge in [-0.15, -0.1) is 0 Å². The first-order valence-corrected chi connectivity index (χ1v) is 6.82. The van der Waals surface area contributed by atoms with Crippen molar-refractivity contribution >= 4 is 5.69 Å². The lowest BCUT2D eigenvalue weighted by atomic mass is 10.1. The predicted molar refractivity (Wildman–Crippen MR) is 81.0 cm³/mol. The van der Waals surface area contributed by atoms with Gasteiger partial charge >= 0.3 is 0 Å². The molecule has 1 N–H and O–H groups in total. The average Bonchev–Trinajstić information content (AvgIpc) is 2.86. The Labute approximate surface area is 119 Å². The van der Waals surface area contributed by atoms with E-state index in [1.54, 1.807) is 14.2 Å². The van der Waals surface area contributed by atoms with Crippen LogP contribution in [0.4, 0.5) is 5.69 Å². The molecular formula is C17H19NO2. The average molecular weight is 269 g/mol. The van der Waals surface area contributed by atoms with Gasteiger partial charge in [-0.05, 0) is 40.8 Å². The van der Waals surface area contributed by atoms with Crippen LogP contribution in [0.25, 0.3) is 11.1 Å². The quantitative estimate of drug-likeness (QED) is 0.721. The Hall–Kier alpha value is -1.84. The van der Waals surface area contributed by atoms with E-state index in [-0.39, 0.29) is 6.29 Å². The second-order valence-electron chi connectivity index (χ2n) is 4.99. The number of hydrogen-bond acceptors (Lipinski definition) is 3. The number of rotatable bonds is 5. The molecule has 0 heterocycles. The zero-order valence-electron chi connectivity index (χ0n) is 11.8. The van der Waals surface area contributed by atoms with Gasteiger partial charge in [0.1, 0.15) is 0 Å². The lowest BCUT2D eigenvalue weighted by molar-refractivity contribution is -0.0914. The molecule has 0 saturated heterocycles. The highest BCUT2D eigenvalue weighted by Crippen LogP contribution is 2.37. The number of benzene rings is 2. The monoisotopic (exact) mass is 269 g/mol. The number of ether oxygens (including phenoxy) is 2. The Morgan fingerprint density at radius 1 is 1.00 bits per heavy atom. The summed E-state index contributed by atoms with van der Waals surface area (Å²) in [7, 11) is 3.30. The van der Waals surface area contributed by atoms with Crippen molar-refractivity contribution in [1.29, 1.82) is 0 Å². The van der Waals surface area contributed by atoms with Gasteiger partial charge in [-0.2, -0.15) is 0 Å². The summed E-state index contributed by atoms with van der Waals surface area (Å²) in [6.07, 6.45) is 0.791. The van der Waals surface area contributed by atoms with Gasteiger partial charge in [0.15, 0.2) is 6.29 Å². The zero-order valence-corrected chi connectivity index (χ0v) is 11.8. The van der Waals surface area contributed by atoms with Gasteiger partial charge in [-0.3, -0.25) is 0 Å². The van der Waals surface area contributed by atoms with E-state index in [0.717, 1.165) is 12.1 Å². The van der Waals surface area contributed by atoms with Crippen LogP contribution in [0.5, 0.6) is 0 Å². The molecule has 1 aliphatic rings. The summed E-state index contributed by atoms with van der Waals surface area (Å²) in [5, 5.41) is 3.35. The van der Waals surface area contributed by atoms with Crippen LogP contribution >= 0.6 is 0 Å². The summed E-state index contributed by atoms with van der Waals surface area (Å²) < 4.78 is 10.4. The highest BCUT2D eigenvalue weighted by molar-refractivity contribution is 5.78. The maximum atomic E-state index is 5.18. The zero-order chi connectivity index (χ0) is 13.9. The summed E-state index contributed by atoms with van der Waals surface area (Å²) in [6.45, 7) is 0.638. The number of methoxy groups -OCH3 is 2. The third-order valence-electron chi connectivity index (χ3n) is 3.79. The van der Waals surface area contributed by atoms with E-state index in [4.69, 9.17) is 9.47 Å². The van der Waals surface area contributed by atoms with Gasteiger partial charge in [0.25, 0.3) is 0 Å². The highest BCUT2D eigenvalue weighted by Gasteiger charge is 2.17. The second kappa shape index (κ2) is 5.65. The summed E-state index contributed by atoms with van der Waals surface area (Å²) in [5.74, 6) is 0. The molecule has 104 valence electrons. The molecule has 2 aromatic rings. The molecule has 0 fully saturated rings. The van der Waals surface area contributed by atoms with E-state index in [1.807, 2.05) is 0 Å². The smallest absolute Gasteiger partial charge is 0.173 e. The van der Waals surface area contributed by atoms with Crippen LogP contribution in [0.2, 0.25) is 0 Å². The fourth-order valence-electron chi connectivity index (χ4n) is 2.72. The van der Waals surface area contributed by atoms with Crippen molar-refractivity contribution in [3.8, 4) is 11.1 Å². The SMILES string of the molecule is COC(CNc1ccc2c(c1)Cc1ccccc1-2)OC. The maximum Gasteiger partial charge on any atom is 0.173 e. The molecule has 0 atom stereocenters. The lowest BCUT2D eigenvalue weighted by Crippen LogP contribution is -2.23. The highest BCUT2D eigenvalue weighted by atomic mass is 16.7. The van der Waals surface area contributed by atoms with Crippen molar-refractivity contribution in [3.05, 3.63) is 53.6 Å².